The molecule has 5 N–H and O–H groups in total. The van der Waals surface area contributed by atoms with Crippen molar-refractivity contribution in [3.05, 3.63) is 48.5 Å². The lowest BCUT2D eigenvalue weighted by molar-refractivity contribution is -0.254. The number of quaternary nitrogens is 1. The van der Waals surface area contributed by atoms with Crippen LogP contribution in [0.3, 0.4) is 0 Å². The average Bonchev–Trinajstić information content (AvgIpc) is 2.58. The Morgan fingerprint density at radius 3 is 1.54 bits per heavy atom. The molecule has 0 aromatic heterocycles. The van der Waals surface area contributed by atoms with E-state index in [0.29, 0.717) is 6.04 Å². The Hall–Kier alpha value is -2.57. The van der Waals surface area contributed by atoms with E-state index in [2.05, 4.69) is 43.6 Å². The van der Waals surface area contributed by atoms with Crippen molar-refractivity contribution >= 4 is 17.7 Å². The monoisotopic (exact) mass is 361 g/mol. The Bertz CT molecular complexity index is 594. The normalized spacial score (nSPS) is 10.2. The van der Waals surface area contributed by atoms with E-state index in [1.807, 2.05) is 19.0 Å². The number of nitrogens with zero attached hydrogens (tertiary/aromatic N) is 3. The van der Waals surface area contributed by atoms with Gasteiger partial charge in [-0.05, 0) is 64.3 Å². The molecule has 0 aliphatic rings. The average molecular weight is 362 g/mol. The number of phenols is 2. The van der Waals surface area contributed by atoms with Gasteiger partial charge < -0.3 is 25.7 Å². The van der Waals surface area contributed by atoms with Crippen molar-refractivity contribution in [1.82, 2.24) is 9.80 Å². The maximum Gasteiger partial charge on any atom is 0.128 e. The van der Waals surface area contributed by atoms with Crippen molar-refractivity contribution in [1.29, 1.82) is 0 Å². The molecule has 0 amide bonds. The van der Waals surface area contributed by atoms with E-state index in [0.717, 1.165) is 11.4 Å². The second-order valence-electron chi connectivity index (χ2n) is 6.45. The second-order valence-corrected chi connectivity index (χ2v) is 6.45. The number of aromatic hydroxyl groups is 2. The molecule has 0 saturated carbocycles. The zero-order chi connectivity index (χ0) is 20.1. The Kier molecular flexibility index (Phi) is 11.5. The highest BCUT2D eigenvalue weighted by Gasteiger charge is 1.90. The topological polar surface area (TPSA) is 86.9 Å². The lowest BCUT2D eigenvalue weighted by atomic mass is 10.3. The molecule has 0 spiro atoms. The summed E-state index contributed by atoms with van der Waals surface area (Å²) in [6, 6.07) is 14.2. The summed E-state index contributed by atoms with van der Waals surface area (Å²) in [6.45, 7) is 4.33. The molecule has 2 aromatic rings. The number of rotatable bonds is 3. The first kappa shape index (κ1) is 23.4. The molecule has 144 valence electrons. The highest BCUT2D eigenvalue weighted by atomic mass is 16.3. The van der Waals surface area contributed by atoms with Gasteiger partial charge in [0, 0.05) is 32.3 Å². The van der Waals surface area contributed by atoms with Gasteiger partial charge in [0.25, 0.3) is 0 Å². The summed E-state index contributed by atoms with van der Waals surface area (Å²) >= 11 is 0. The summed E-state index contributed by atoms with van der Waals surface area (Å²) in [5.41, 5.74) is 5.40. The molecule has 0 bridgehead atoms. The van der Waals surface area contributed by atoms with Gasteiger partial charge in [-0.1, -0.05) is 0 Å². The predicted molar refractivity (Wildman–Crippen MR) is 109 cm³/mol. The summed E-state index contributed by atoms with van der Waals surface area (Å²) in [6.07, 6.45) is 1.71. The van der Waals surface area contributed by atoms with E-state index in [1.165, 1.54) is 0 Å². The summed E-state index contributed by atoms with van der Waals surface area (Å²) in [5.74, 6) is 0.552. The summed E-state index contributed by atoms with van der Waals surface area (Å²) < 4.78 is 0. The van der Waals surface area contributed by atoms with Crippen LogP contribution in [0.5, 0.6) is 11.5 Å². The lowest BCUT2D eigenvalue weighted by Gasteiger charge is -2.12. The van der Waals surface area contributed by atoms with Gasteiger partial charge >= 0.3 is 0 Å². The van der Waals surface area contributed by atoms with Crippen LogP contribution in [0.2, 0.25) is 0 Å². The fourth-order valence-electron chi connectivity index (χ4n) is 1.22. The predicted octanol–water partition coefficient (Wildman–Crippen LogP) is 2.84. The molecule has 0 atom stereocenters. The van der Waals surface area contributed by atoms with Gasteiger partial charge in [-0.25, -0.2) is 4.99 Å². The third kappa shape index (κ3) is 12.8. The zero-order valence-electron chi connectivity index (χ0n) is 16.7. The molecule has 6 nitrogen and oxygen atoms in total. The number of aliphatic imine (C=N–C) groups is 1. The molecule has 0 aliphatic heterocycles. The maximum atomic E-state index is 8.97. The fourth-order valence-corrected chi connectivity index (χ4v) is 1.22. The van der Waals surface area contributed by atoms with Crippen LogP contribution in [0, 0.1) is 0 Å². The minimum atomic E-state index is 0.263. The van der Waals surface area contributed by atoms with Gasteiger partial charge in [0.2, 0.25) is 0 Å². The van der Waals surface area contributed by atoms with Crippen molar-refractivity contribution < 1.29 is 15.9 Å². The SMILES string of the molecule is CC(C)N(C)C.CN(C)C=Nc1ccc(O)cc1.[NH3+]c1ccc(O)cc1. The minimum Gasteiger partial charge on any atom is -0.508 e. The van der Waals surface area contributed by atoms with Gasteiger partial charge in [-0.2, -0.15) is 0 Å². The first-order valence-electron chi connectivity index (χ1n) is 8.39. The Morgan fingerprint density at radius 1 is 0.846 bits per heavy atom. The van der Waals surface area contributed by atoms with Crippen LogP contribution in [0.25, 0.3) is 0 Å². The van der Waals surface area contributed by atoms with Crippen LogP contribution in [0.1, 0.15) is 13.8 Å². The van der Waals surface area contributed by atoms with Crippen LogP contribution < -0.4 is 5.73 Å². The van der Waals surface area contributed by atoms with Crippen LogP contribution in [0.15, 0.2) is 53.5 Å². The third-order valence-corrected chi connectivity index (χ3v) is 3.26. The summed E-state index contributed by atoms with van der Waals surface area (Å²) in [5, 5.41) is 17.7. The highest BCUT2D eigenvalue weighted by Crippen LogP contribution is 2.15. The van der Waals surface area contributed by atoms with E-state index in [1.54, 1.807) is 54.9 Å². The molecule has 26 heavy (non-hydrogen) atoms. The summed E-state index contributed by atoms with van der Waals surface area (Å²) in [7, 11) is 7.96. The molecule has 6 heteroatoms. The molecule has 0 unspecified atom stereocenters. The number of phenolic OH excluding ortho intramolecular Hbond substituents is 2. The Balaban J connectivity index is 0.000000388. The molecule has 0 radical (unpaired) electrons. The van der Waals surface area contributed by atoms with E-state index in [9.17, 15) is 0 Å². The van der Waals surface area contributed by atoms with E-state index in [4.69, 9.17) is 10.2 Å². The molecular formula is C20H33N4O2+. The largest absolute Gasteiger partial charge is 0.508 e. The number of hydrogen-bond acceptors (Lipinski definition) is 4. The molecule has 2 rings (SSSR count). The van der Waals surface area contributed by atoms with Gasteiger partial charge in [0.05, 0.1) is 12.0 Å². The van der Waals surface area contributed by atoms with Crippen LogP contribution in [-0.4, -0.2) is 60.6 Å². The van der Waals surface area contributed by atoms with Crippen LogP contribution in [-0.2, 0) is 0 Å². The van der Waals surface area contributed by atoms with Gasteiger partial charge in [-0.3, -0.25) is 0 Å². The van der Waals surface area contributed by atoms with Crippen molar-refractivity contribution in [3.8, 4) is 11.5 Å². The van der Waals surface area contributed by atoms with Crippen LogP contribution >= 0.6 is 0 Å². The Labute approximate surface area is 157 Å². The molecule has 0 saturated heterocycles. The third-order valence-electron chi connectivity index (χ3n) is 3.26. The molecule has 0 fully saturated rings. The standard InChI is InChI=1S/C9H12N2O.C6H7NO.C5H13N/c1-11(2)7-10-8-3-5-9(12)6-4-8;7-5-1-3-6(8)4-2-5;1-5(2)6(3)4/h3-7,12H,1-2H3;1-4,8H,7H2;5H,1-4H3/p+1. The lowest BCUT2D eigenvalue weighted by Crippen LogP contribution is -2.39. The van der Waals surface area contributed by atoms with Crippen molar-refractivity contribution in [3.63, 3.8) is 0 Å². The van der Waals surface area contributed by atoms with E-state index >= 15 is 0 Å². The minimum absolute atomic E-state index is 0.263. The van der Waals surface area contributed by atoms with Gasteiger partial charge in [-0.15, -0.1) is 0 Å². The van der Waals surface area contributed by atoms with E-state index < -0.39 is 0 Å². The zero-order valence-corrected chi connectivity index (χ0v) is 16.7. The molecular weight excluding hydrogens is 328 g/mol. The fraction of sp³-hybridized carbons (Fsp3) is 0.350. The first-order valence-corrected chi connectivity index (χ1v) is 8.39. The first-order chi connectivity index (χ1) is 12.1. The van der Waals surface area contributed by atoms with E-state index in [-0.39, 0.29) is 11.5 Å². The van der Waals surface area contributed by atoms with Crippen LogP contribution in [0.4, 0.5) is 11.4 Å². The molecule has 0 aliphatic carbocycles. The van der Waals surface area contributed by atoms with Crippen molar-refractivity contribution in [2.75, 3.05) is 28.2 Å². The second kappa shape index (κ2) is 12.7. The number of hydrogen-bond donors (Lipinski definition) is 3. The highest BCUT2D eigenvalue weighted by molar-refractivity contribution is 5.60. The van der Waals surface area contributed by atoms with Gasteiger partial charge in [0.1, 0.15) is 17.2 Å². The quantitative estimate of drug-likeness (QED) is 0.579. The molecule has 0 heterocycles. The van der Waals surface area contributed by atoms with Crippen molar-refractivity contribution in [2.45, 2.75) is 19.9 Å². The summed E-state index contributed by atoms with van der Waals surface area (Å²) in [4.78, 5) is 8.16. The smallest absolute Gasteiger partial charge is 0.128 e. The maximum absolute atomic E-state index is 8.97. The van der Waals surface area contributed by atoms with Crippen molar-refractivity contribution in [2.24, 2.45) is 4.99 Å². The van der Waals surface area contributed by atoms with Gasteiger partial charge in [0.15, 0.2) is 0 Å². The molecule has 2 aromatic carbocycles. The number of benzene rings is 2. The Morgan fingerprint density at radius 2 is 1.23 bits per heavy atom.